The van der Waals surface area contributed by atoms with E-state index in [1.807, 2.05) is 0 Å². The number of fused-ring (bicyclic) bond motifs is 5. The van der Waals surface area contributed by atoms with E-state index in [0.29, 0.717) is 16.9 Å². The van der Waals surface area contributed by atoms with Crippen molar-refractivity contribution in [1.82, 2.24) is 0 Å². The molecule has 3 saturated carbocycles. The summed E-state index contributed by atoms with van der Waals surface area (Å²) in [5, 5.41) is 0. The van der Waals surface area contributed by atoms with Crippen LogP contribution in [0.15, 0.2) is 11.6 Å². The SMILES string of the molecule is CCCCCCCCCCCCCCCCCCCCO[C@H]1CC[C@@]2(C)C(=CC[C@H]3[C@@H]4CC[C@H]([C@H](C)CCCC(C)C)[C@@]4(C)CC[C@@H]32)C1. The van der Waals surface area contributed by atoms with Gasteiger partial charge in [-0.05, 0) is 104 Å². The van der Waals surface area contributed by atoms with E-state index in [0.717, 1.165) is 42.1 Å². The highest BCUT2D eigenvalue weighted by atomic mass is 16.5. The summed E-state index contributed by atoms with van der Waals surface area (Å²) in [5.41, 5.74) is 2.86. The van der Waals surface area contributed by atoms with Crippen LogP contribution in [0.5, 0.6) is 0 Å². The van der Waals surface area contributed by atoms with E-state index in [9.17, 15) is 0 Å². The molecule has 4 aliphatic rings. The first kappa shape index (κ1) is 40.5. The molecule has 4 aliphatic carbocycles. The minimum absolute atomic E-state index is 0.457. The molecule has 0 aromatic heterocycles. The molecular formula is C47H86O. The van der Waals surface area contributed by atoms with Crippen molar-refractivity contribution in [3.05, 3.63) is 11.6 Å². The van der Waals surface area contributed by atoms with Crippen LogP contribution in [0.4, 0.5) is 0 Å². The largest absolute Gasteiger partial charge is 0.378 e. The number of rotatable bonds is 25. The van der Waals surface area contributed by atoms with Crippen LogP contribution in [0, 0.1) is 46.3 Å². The Hall–Kier alpha value is -0.300. The maximum atomic E-state index is 6.57. The third kappa shape index (κ3) is 11.6. The molecule has 1 heteroatoms. The Labute approximate surface area is 302 Å². The van der Waals surface area contributed by atoms with Crippen LogP contribution in [0.2, 0.25) is 0 Å². The molecule has 280 valence electrons. The van der Waals surface area contributed by atoms with Crippen molar-refractivity contribution in [3.8, 4) is 0 Å². The van der Waals surface area contributed by atoms with E-state index in [1.54, 1.807) is 5.57 Å². The van der Waals surface area contributed by atoms with E-state index >= 15 is 0 Å². The molecule has 48 heavy (non-hydrogen) atoms. The van der Waals surface area contributed by atoms with Crippen molar-refractivity contribution in [2.75, 3.05) is 6.61 Å². The summed E-state index contributed by atoms with van der Waals surface area (Å²) < 4.78 is 6.57. The van der Waals surface area contributed by atoms with Crippen molar-refractivity contribution in [1.29, 1.82) is 0 Å². The summed E-state index contributed by atoms with van der Waals surface area (Å²) in [5.74, 6) is 5.60. The number of hydrogen-bond acceptors (Lipinski definition) is 1. The molecule has 0 spiro atoms. The maximum Gasteiger partial charge on any atom is 0.0612 e. The fourth-order valence-corrected chi connectivity index (χ4v) is 12.0. The quantitative estimate of drug-likeness (QED) is 0.0696. The van der Waals surface area contributed by atoms with E-state index in [-0.39, 0.29) is 0 Å². The predicted molar refractivity (Wildman–Crippen MR) is 212 cm³/mol. The Morgan fingerprint density at radius 1 is 0.646 bits per heavy atom. The summed E-state index contributed by atoms with van der Waals surface area (Å²) in [6, 6.07) is 0. The minimum Gasteiger partial charge on any atom is -0.378 e. The third-order valence-corrected chi connectivity index (χ3v) is 15.1. The van der Waals surface area contributed by atoms with Gasteiger partial charge < -0.3 is 4.74 Å². The molecule has 4 rings (SSSR count). The van der Waals surface area contributed by atoms with Gasteiger partial charge in [-0.2, -0.15) is 0 Å². The summed E-state index contributed by atoms with van der Waals surface area (Å²) in [4.78, 5) is 0. The highest BCUT2D eigenvalue weighted by Crippen LogP contribution is 2.67. The van der Waals surface area contributed by atoms with Crippen molar-refractivity contribution in [3.63, 3.8) is 0 Å². The Kier molecular flexibility index (Phi) is 17.9. The zero-order chi connectivity index (χ0) is 34.2. The second kappa shape index (κ2) is 21.3. The zero-order valence-electron chi connectivity index (χ0n) is 33.7. The fourth-order valence-electron chi connectivity index (χ4n) is 12.0. The number of unbranched alkanes of at least 4 members (excludes halogenated alkanes) is 17. The highest BCUT2D eigenvalue weighted by molar-refractivity contribution is 5.25. The number of ether oxygens (including phenoxy) is 1. The van der Waals surface area contributed by atoms with Crippen LogP contribution in [-0.2, 0) is 4.74 Å². The van der Waals surface area contributed by atoms with Crippen molar-refractivity contribution in [2.45, 2.75) is 234 Å². The second-order valence-corrected chi connectivity index (χ2v) is 19.0. The molecular weight excluding hydrogens is 581 g/mol. The summed E-state index contributed by atoms with van der Waals surface area (Å²) >= 11 is 0. The Bertz CT molecular complexity index is 887. The summed E-state index contributed by atoms with van der Waals surface area (Å²) in [6.07, 6.45) is 44.8. The van der Waals surface area contributed by atoms with Crippen molar-refractivity contribution < 1.29 is 4.74 Å². The van der Waals surface area contributed by atoms with Gasteiger partial charge in [0.05, 0.1) is 6.10 Å². The molecule has 0 saturated heterocycles. The average Bonchev–Trinajstić information content (AvgIpc) is 3.43. The van der Waals surface area contributed by atoms with E-state index < -0.39 is 0 Å². The lowest BCUT2D eigenvalue weighted by Gasteiger charge is -2.58. The highest BCUT2D eigenvalue weighted by Gasteiger charge is 2.59. The van der Waals surface area contributed by atoms with Crippen LogP contribution in [0.25, 0.3) is 0 Å². The molecule has 0 heterocycles. The van der Waals surface area contributed by atoms with Gasteiger partial charge >= 0.3 is 0 Å². The molecule has 0 amide bonds. The molecule has 0 N–H and O–H groups in total. The van der Waals surface area contributed by atoms with Gasteiger partial charge in [0.15, 0.2) is 0 Å². The average molecular weight is 667 g/mol. The standard InChI is InChI=1S/C47H86O/c1-7-8-9-10-11-12-13-14-15-16-17-18-19-20-21-22-23-24-36-48-41-32-34-46(5)40(37-41)28-29-42-44-31-30-43(39(4)27-25-26-38(2)3)47(44,6)35-33-45(42)46/h28,38-39,41-45H,7-27,29-37H2,1-6H3/t39-,41+,42+,43-,44+,45+,46+,47-/m1/s1. The van der Waals surface area contributed by atoms with Crippen LogP contribution in [0.3, 0.4) is 0 Å². The Morgan fingerprint density at radius 3 is 1.81 bits per heavy atom. The predicted octanol–water partition coefficient (Wildman–Crippen LogP) is 15.5. The molecule has 0 aromatic carbocycles. The topological polar surface area (TPSA) is 9.23 Å². The van der Waals surface area contributed by atoms with Gasteiger partial charge in [-0.25, -0.2) is 0 Å². The molecule has 0 radical (unpaired) electrons. The summed E-state index contributed by atoms with van der Waals surface area (Å²) in [6.45, 7) is 16.2. The molecule has 1 nitrogen and oxygen atoms in total. The third-order valence-electron chi connectivity index (χ3n) is 15.1. The molecule has 0 unspecified atom stereocenters. The smallest absolute Gasteiger partial charge is 0.0612 e. The molecule has 8 atom stereocenters. The van der Waals surface area contributed by atoms with Crippen molar-refractivity contribution in [2.24, 2.45) is 46.3 Å². The molecule has 0 aromatic rings. The fraction of sp³-hybridized carbons (Fsp3) is 0.957. The van der Waals surface area contributed by atoms with Crippen LogP contribution in [-0.4, -0.2) is 12.7 Å². The van der Waals surface area contributed by atoms with Gasteiger partial charge in [0, 0.05) is 6.61 Å². The normalized spacial score (nSPS) is 32.1. The maximum absolute atomic E-state index is 6.57. The second-order valence-electron chi connectivity index (χ2n) is 19.0. The van der Waals surface area contributed by atoms with Crippen LogP contribution >= 0.6 is 0 Å². The first-order valence-corrected chi connectivity index (χ1v) is 22.6. The Morgan fingerprint density at radius 2 is 1.23 bits per heavy atom. The van der Waals surface area contributed by atoms with Crippen LogP contribution < -0.4 is 0 Å². The van der Waals surface area contributed by atoms with Gasteiger partial charge in [-0.15, -0.1) is 0 Å². The minimum atomic E-state index is 0.457. The van der Waals surface area contributed by atoms with E-state index in [1.165, 1.54) is 186 Å². The van der Waals surface area contributed by atoms with Crippen molar-refractivity contribution >= 4 is 0 Å². The zero-order valence-corrected chi connectivity index (χ0v) is 33.7. The lowest BCUT2D eigenvalue weighted by atomic mass is 9.47. The van der Waals surface area contributed by atoms with Gasteiger partial charge in [-0.1, -0.05) is 182 Å². The first-order chi connectivity index (χ1) is 23.3. The number of hydrogen-bond donors (Lipinski definition) is 0. The molecule has 0 bridgehead atoms. The lowest BCUT2D eigenvalue weighted by Crippen LogP contribution is -2.51. The molecule has 3 fully saturated rings. The lowest BCUT2D eigenvalue weighted by molar-refractivity contribution is -0.0641. The van der Waals surface area contributed by atoms with Gasteiger partial charge in [0.25, 0.3) is 0 Å². The number of allylic oxidation sites excluding steroid dienone is 1. The Balaban J connectivity index is 1.04. The van der Waals surface area contributed by atoms with E-state index in [4.69, 9.17) is 4.74 Å². The van der Waals surface area contributed by atoms with Gasteiger partial charge in [0.2, 0.25) is 0 Å². The summed E-state index contributed by atoms with van der Waals surface area (Å²) in [7, 11) is 0. The van der Waals surface area contributed by atoms with Gasteiger partial charge in [0.1, 0.15) is 0 Å². The first-order valence-electron chi connectivity index (χ1n) is 22.6. The monoisotopic (exact) mass is 667 g/mol. The molecule has 0 aliphatic heterocycles. The van der Waals surface area contributed by atoms with Crippen LogP contribution in [0.1, 0.15) is 228 Å². The van der Waals surface area contributed by atoms with Gasteiger partial charge in [-0.3, -0.25) is 0 Å². The van der Waals surface area contributed by atoms with E-state index in [2.05, 4.69) is 47.6 Å².